The van der Waals surface area contributed by atoms with Gasteiger partial charge in [0.1, 0.15) is 5.82 Å². The van der Waals surface area contributed by atoms with Crippen LogP contribution < -0.4 is 5.32 Å². The minimum Gasteiger partial charge on any atom is -0.369 e. The zero-order valence-corrected chi connectivity index (χ0v) is 20.7. The van der Waals surface area contributed by atoms with Crippen LogP contribution in [0.1, 0.15) is 17.8 Å². The topological polar surface area (TPSA) is 61.4 Å². The van der Waals surface area contributed by atoms with E-state index in [4.69, 9.17) is 9.97 Å². The molecule has 4 rings (SSSR count). The fourth-order valence-electron chi connectivity index (χ4n) is 3.99. The highest BCUT2D eigenvalue weighted by atomic mass is 16.2. The number of anilines is 1. The highest BCUT2D eigenvalue weighted by molar-refractivity contribution is 5.89. The maximum atomic E-state index is 12.9. The van der Waals surface area contributed by atoms with E-state index in [2.05, 4.69) is 48.6 Å². The summed E-state index contributed by atoms with van der Waals surface area (Å²) in [6.07, 6.45) is 1.36. The van der Waals surface area contributed by atoms with E-state index < -0.39 is 0 Å². The van der Waals surface area contributed by atoms with Crippen LogP contribution in [0.15, 0.2) is 78.9 Å². The van der Waals surface area contributed by atoms with E-state index in [-0.39, 0.29) is 5.91 Å². The third-order valence-corrected chi connectivity index (χ3v) is 5.94. The van der Waals surface area contributed by atoms with Gasteiger partial charge in [-0.15, -0.1) is 0 Å². The first-order chi connectivity index (χ1) is 17.0. The number of nitrogens with one attached hydrogen (secondary N) is 1. The van der Waals surface area contributed by atoms with Crippen molar-refractivity contribution < 1.29 is 4.79 Å². The Hall–Kier alpha value is -3.77. The molecule has 180 valence electrons. The highest BCUT2D eigenvalue weighted by Gasteiger charge is 2.14. The summed E-state index contributed by atoms with van der Waals surface area (Å²) in [6, 6.07) is 26.4. The van der Waals surface area contributed by atoms with Gasteiger partial charge in [-0.25, -0.2) is 9.97 Å². The molecule has 3 aromatic carbocycles. The molecule has 1 N–H and O–H groups in total. The van der Waals surface area contributed by atoms with Gasteiger partial charge in [0, 0.05) is 19.0 Å². The van der Waals surface area contributed by atoms with E-state index in [0.717, 1.165) is 47.4 Å². The molecule has 1 aromatic heterocycles. The van der Waals surface area contributed by atoms with Crippen molar-refractivity contribution in [2.45, 2.75) is 19.4 Å². The fourth-order valence-corrected chi connectivity index (χ4v) is 3.99. The molecule has 0 fully saturated rings. The van der Waals surface area contributed by atoms with E-state index in [1.54, 1.807) is 4.90 Å². The molecule has 0 aliphatic rings. The van der Waals surface area contributed by atoms with Gasteiger partial charge < -0.3 is 15.1 Å². The summed E-state index contributed by atoms with van der Waals surface area (Å²) in [5.41, 5.74) is 4.18. The Kier molecular flexibility index (Phi) is 8.06. The summed E-state index contributed by atoms with van der Waals surface area (Å²) >= 11 is 0. The molecule has 0 saturated heterocycles. The Morgan fingerprint density at radius 3 is 2.26 bits per heavy atom. The zero-order chi connectivity index (χ0) is 24.6. The van der Waals surface area contributed by atoms with Crippen LogP contribution in [-0.4, -0.2) is 59.9 Å². The number of fused-ring (bicyclic) bond motifs is 1. The van der Waals surface area contributed by atoms with Crippen LogP contribution in [0.3, 0.4) is 0 Å². The van der Waals surface area contributed by atoms with E-state index in [1.165, 1.54) is 5.56 Å². The lowest BCUT2D eigenvalue weighted by atomic mass is 10.0. The molecule has 0 radical (unpaired) electrons. The maximum absolute atomic E-state index is 12.9. The van der Waals surface area contributed by atoms with Crippen LogP contribution in [0.4, 0.5) is 5.82 Å². The molecule has 0 bridgehead atoms. The second-order valence-corrected chi connectivity index (χ2v) is 9.08. The van der Waals surface area contributed by atoms with Gasteiger partial charge in [-0.1, -0.05) is 66.7 Å². The largest absolute Gasteiger partial charge is 0.369 e. The van der Waals surface area contributed by atoms with Crippen molar-refractivity contribution in [2.75, 3.05) is 39.5 Å². The van der Waals surface area contributed by atoms with Crippen molar-refractivity contribution in [3.8, 4) is 11.1 Å². The predicted octanol–water partition coefficient (Wildman–Crippen LogP) is 4.86. The van der Waals surface area contributed by atoms with Gasteiger partial charge in [0.25, 0.3) is 0 Å². The molecular formula is C29H33N5O. The number of hydrogen-bond acceptors (Lipinski definition) is 5. The Bertz CT molecular complexity index is 1260. The molecule has 0 spiro atoms. The zero-order valence-electron chi connectivity index (χ0n) is 20.7. The molecule has 0 saturated carbocycles. The molecule has 0 unspecified atom stereocenters. The Balaban J connectivity index is 1.42. The third kappa shape index (κ3) is 6.64. The number of nitrogens with zero attached hydrogens (tertiary/aromatic N) is 4. The summed E-state index contributed by atoms with van der Waals surface area (Å²) in [7, 11) is 5.95. The first kappa shape index (κ1) is 24.4. The highest BCUT2D eigenvalue weighted by Crippen LogP contribution is 2.22. The summed E-state index contributed by atoms with van der Waals surface area (Å²) in [5, 5.41) is 4.46. The number of carbonyl (C=O) groups excluding carboxylic acids is 1. The van der Waals surface area contributed by atoms with E-state index in [1.807, 2.05) is 61.6 Å². The lowest BCUT2D eigenvalue weighted by Gasteiger charge is -2.18. The number of rotatable bonds is 10. The first-order valence-corrected chi connectivity index (χ1v) is 12.0. The van der Waals surface area contributed by atoms with Gasteiger partial charge >= 0.3 is 0 Å². The van der Waals surface area contributed by atoms with Crippen molar-refractivity contribution in [3.63, 3.8) is 0 Å². The van der Waals surface area contributed by atoms with Crippen molar-refractivity contribution in [1.29, 1.82) is 0 Å². The second-order valence-electron chi connectivity index (χ2n) is 9.08. The molecule has 4 aromatic rings. The number of hydrogen-bond donors (Lipinski definition) is 1. The van der Waals surface area contributed by atoms with Crippen LogP contribution in [-0.2, 0) is 17.8 Å². The maximum Gasteiger partial charge on any atom is 0.227 e. The van der Waals surface area contributed by atoms with Crippen molar-refractivity contribution in [2.24, 2.45) is 0 Å². The summed E-state index contributed by atoms with van der Waals surface area (Å²) in [6.45, 7) is 2.19. The Morgan fingerprint density at radius 1 is 0.829 bits per heavy atom. The summed E-state index contributed by atoms with van der Waals surface area (Å²) in [4.78, 5) is 26.3. The number of likely N-dealkylation sites (N-methyl/N-ethyl adjacent to an activating group) is 1. The van der Waals surface area contributed by atoms with E-state index in [9.17, 15) is 4.79 Å². The van der Waals surface area contributed by atoms with Gasteiger partial charge in [-0.2, -0.15) is 0 Å². The number of benzene rings is 3. The molecule has 1 heterocycles. The standard InChI is InChI=1S/C29H33N5O/c1-33(2)19-9-18-30-29-25-12-7-8-13-26(25)31-27(32-29)21-34(3)28(35)20-22-14-16-24(17-15-22)23-10-5-4-6-11-23/h4-8,10-17H,9,18-21H2,1-3H3,(H,30,31,32). The predicted molar refractivity (Wildman–Crippen MR) is 143 cm³/mol. The average Bonchev–Trinajstić information content (AvgIpc) is 2.87. The summed E-state index contributed by atoms with van der Waals surface area (Å²) in [5.74, 6) is 1.49. The van der Waals surface area contributed by atoms with Crippen LogP contribution in [0.5, 0.6) is 0 Å². The normalized spacial score (nSPS) is 11.1. The average molecular weight is 468 g/mol. The smallest absolute Gasteiger partial charge is 0.227 e. The van der Waals surface area contributed by atoms with Crippen molar-refractivity contribution in [3.05, 3.63) is 90.3 Å². The van der Waals surface area contributed by atoms with Crippen LogP contribution in [0.25, 0.3) is 22.0 Å². The molecule has 0 aliphatic carbocycles. The molecule has 35 heavy (non-hydrogen) atoms. The van der Waals surface area contributed by atoms with Gasteiger partial charge in [-0.05, 0) is 55.9 Å². The fraction of sp³-hybridized carbons (Fsp3) is 0.276. The van der Waals surface area contributed by atoms with Gasteiger partial charge in [0.05, 0.1) is 18.5 Å². The van der Waals surface area contributed by atoms with E-state index in [0.29, 0.717) is 18.8 Å². The van der Waals surface area contributed by atoms with Gasteiger partial charge in [0.2, 0.25) is 5.91 Å². The Labute approximate surface area is 207 Å². The monoisotopic (exact) mass is 467 g/mol. The number of aromatic nitrogens is 2. The number of para-hydroxylation sites is 1. The number of amides is 1. The SMILES string of the molecule is CN(C)CCCNc1nc(CN(C)C(=O)Cc2ccc(-c3ccccc3)cc2)nc2ccccc12. The molecular weight excluding hydrogens is 434 g/mol. The van der Waals surface area contributed by atoms with Gasteiger partial charge in [0.15, 0.2) is 5.82 Å². The van der Waals surface area contributed by atoms with Crippen LogP contribution >= 0.6 is 0 Å². The minimum absolute atomic E-state index is 0.0368. The van der Waals surface area contributed by atoms with Crippen LogP contribution in [0, 0.1) is 0 Å². The minimum atomic E-state index is 0.0368. The van der Waals surface area contributed by atoms with Crippen LogP contribution in [0.2, 0.25) is 0 Å². The van der Waals surface area contributed by atoms with E-state index >= 15 is 0 Å². The molecule has 0 aliphatic heterocycles. The second kappa shape index (κ2) is 11.6. The Morgan fingerprint density at radius 2 is 1.51 bits per heavy atom. The summed E-state index contributed by atoms with van der Waals surface area (Å²) < 4.78 is 0. The van der Waals surface area contributed by atoms with Crippen molar-refractivity contribution in [1.82, 2.24) is 19.8 Å². The third-order valence-electron chi connectivity index (χ3n) is 5.94. The number of carbonyl (C=O) groups is 1. The molecule has 1 amide bonds. The molecule has 6 nitrogen and oxygen atoms in total. The van der Waals surface area contributed by atoms with Crippen molar-refractivity contribution >= 4 is 22.6 Å². The lowest BCUT2D eigenvalue weighted by molar-refractivity contribution is -0.129. The quantitative estimate of drug-likeness (QED) is 0.338. The molecule has 6 heteroatoms. The lowest BCUT2D eigenvalue weighted by Crippen LogP contribution is -2.28. The van der Waals surface area contributed by atoms with Gasteiger partial charge in [-0.3, -0.25) is 4.79 Å². The first-order valence-electron chi connectivity index (χ1n) is 12.0. The molecule has 0 atom stereocenters.